The fourth-order valence-corrected chi connectivity index (χ4v) is 4.17. The van der Waals surface area contributed by atoms with Crippen molar-refractivity contribution in [3.8, 4) is 6.01 Å². The first-order chi connectivity index (χ1) is 12.6. The second kappa shape index (κ2) is 7.99. The number of methoxy groups -OCH3 is 2. The van der Waals surface area contributed by atoms with Gasteiger partial charge in [0.25, 0.3) is 16.0 Å². The first kappa shape index (κ1) is 20.8. The van der Waals surface area contributed by atoms with E-state index in [1.807, 2.05) is 22.6 Å². The Morgan fingerprint density at radius 3 is 2.41 bits per heavy atom. The van der Waals surface area contributed by atoms with Crippen molar-refractivity contribution >= 4 is 50.6 Å². The smallest absolute Gasteiger partial charge is 0.339 e. The molecule has 1 aromatic carbocycles. The topological polar surface area (TPSA) is 155 Å². The zero-order chi connectivity index (χ0) is 20.4. The number of halogens is 1. The van der Waals surface area contributed by atoms with E-state index in [4.69, 9.17) is 10.5 Å². The van der Waals surface area contributed by atoms with E-state index in [0.717, 1.165) is 7.11 Å². The fraction of sp³-hybridized carbons (Fsp3) is 0.214. The van der Waals surface area contributed by atoms with E-state index in [9.17, 15) is 18.0 Å². The SMILES string of the molecule is COC(=O)c1ccc(I)cc1S(=O)(=O)N(C(N)=O)c1nc(C)nc(OC)n1. The number of esters is 1. The molecule has 0 unspecified atom stereocenters. The normalized spacial score (nSPS) is 11.0. The molecule has 13 heteroatoms. The molecule has 0 spiro atoms. The third kappa shape index (κ3) is 4.24. The largest absolute Gasteiger partial charge is 0.467 e. The van der Waals surface area contributed by atoms with Crippen LogP contribution in [-0.4, -0.2) is 49.6 Å². The van der Waals surface area contributed by atoms with Crippen molar-refractivity contribution in [3.63, 3.8) is 0 Å². The zero-order valence-electron chi connectivity index (χ0n) is 14.3. The quantitative estimate of drug-likeness (QED) is 0.458. The zero-order valence-corrected chi connectivity index (χ0v) is 17.3. The van der Waals surface area contributed by atoms with Gasteiger partial charge in [0, 0.05) is 3.57 Å². The molecule has 0 saturated heterocycles. The maximum Gasteiger partial charge on any atom is 0.339 e. The van der Waals surface area contributed by atoms with Gasteiger partial charge in [0.05, 0.1) is 19.8 Å². The predicted octanol–water partition coefficient (Wildman–Crippen LogP) is 0.854. The molecule has 2 N–H and O–H groups in total. The van der Waals surface area contributed by atoms with Gasteiger partial charge in [-0.25, -0.2) is 18.0 Å². The van der Waals surface area contributed by atoms with E-state index in [2.05, 4.69) is 19.7 Å². The highest BCUT2D eigenvalue weighted by Crippen LogP contribution is 2.26. The van der Waals surface area contributed by atoms with Gasteiger partial charge in [0.2, 0.25) is 0 Å². The number of aromatic nitrogens is 3. The minimum atomic E-state index is -4.66. The minimum Gasteiger partial charge on any atom is -0.467 e. The highest BCUT2D eigenvalue weighted by atomic mass is 127. The number of hydrogen-bond donors (Lipinski definition) is 1. The van der Waals surface area contributed by atoms with Gasteiger partial charge < -0.3 is 15.2 Å². The Morgan fingerprint density at radius 2 is 1.85 bits per heavy atom. The molecular formula is C14H14IN5O6S. The van der Waals surface area contributed by atoms with Crippen molar-refractivity contribution < 1.29 is 27.5 Å². The number of nitrogens with two attached hydrogens (primary N) is 1. The molecule has 1 heterocycles. The van der Waals surface area contributed by atoms with Crippen LogP contribution in [0, 0.1) is 10.5 Å². The third-order valence-corrected chi connectivity index (χ3v) is 5.54. The second-order valence-electron chi connectivity index (χ2n) is 4.91. The average molecular weight is 507 g/mol. The van der Waals surface area contributed by atoms with Crippen LogP contribution in [0.2, 0.25) is 0 Å². The van der Waals surface area contributed by atoms with Gasteiger partial charge in [-0.15, -0.1) is 4.31 Å². The van der Waals surface area contributed by atoms with Crippen LogP contribution in [0.15, 0.2) is 23.1 Å². The van der Waals surface area contributed by atoms with Crippen molar-refractivity contribution in [3.05, 3.63) is 33.2 Å². The Labute approximate surface area is 168 Å². The van der Waals surface area contributed by atoms with Crippen LogP contribution in [0.4, 0.5) is 10.7 Å². The average Bonchev–Trinajstić information content (AvgIpc) is 2.59. The molecule has 27 heavy (non-hydrogen) atoms. The van der Waals surface area contributed by atoms with E-state index in [1.165, 1.54) is 32.2 Å². The Morgan fingerprint density at radius 1 is 1.19 bits per heavy atom. The third-order valence-electron chi connectivity index (χ3n) is 3.15. The van der Waals surface area contributed by atoms with Crippen molar-refractivity contribution in [2.24, 2.45) is 5.73 Å². The number of carbonyl (C=O) groups excluding carboxylic acids is 2. The van der Waals surface area contributed by atoms with E-state index < -0.39 is 32.9 Å². The summed E-state index contributed by atoms with van der Waals surface area (Å²) in [5.74, 6) is -1.38. The lowest BCUT2D eigenvalue weighted by Gasteiger charge is -2.20. The first-order valence-electron chi connectivity index (χ1n) is 7.11. The van der Waals surface area contributed by atoms with Crippen LogP contribution in [0.5, 0.6) is 6.01 Å². The number of carbonyl (C=O) groups is 2. The molecule has 0 aliphatic heterocycles. The number of primary amides is 1. The van der Waals surface area contributed by atoms with E-state index in [0.29, 0.717) is 3.57 Å². The number of amides is 2. The minimum absolute atomic E-state index is 0.0918. The van der Waals surface area contributed by atoms with Gasteiger partial charge in [0.1, 0.15) is 10.7 Å². The number of sulfonamides is 1. The van der Waals surface area contributed by atoms with Crippen LogP contribution in [-0.2, 0) is 14.8 Å². The van der Waals surface area contributed by atoms with Crippen LogP contribution in [0.1, 0.15) is 16.2 Å². The fourth-order valence-electron chi connectivity index (χ4n) is 2.04. The van der Waals surface area contributed by atoms with Crippen LogP contribution in [0.25, 0.3) is 0 Å². The molecule has 0 atom stereocenters. The van der Waals surface area contributed by atoms with Gasteiger partial charge in [-0.3, -0.25) is 0 Å². The summed E-state index contributed by atoms with van der Waals surface area (Å²) in [5, 5.41) is 0. The number of benzene rings is 1. The van der Waals surface area contributed by atoms with Gasteiger partial charge in [-0.2, -0.15) is 15.0 Å². The lowest BCUT2D eigenvalue weighted by molar-refractivity contribution is 0.0596. The number of hydrogen-bond acceptors (Lipinski definition) is 9. The Hall–Kier alpha value is -2.55. The Balaban J connectivity index is 2.75. The maximum atomic E-state index is 13.2. The first-order valence-corrected chi connectivity index (χ1v) is 9.63. The lowest BCUT2D eigenvalue weighted by Crippen LogP contribution is -2.42. The summed E-state index contributed by atoms with van der Waals surface area (Å²) in [6.45, 7) is 1.45. The van der Waals surface area contributed by atoms with Crippen molar-refractivity contribution in [2.45, 2.75) is 11.8 Å². The summed E-state index contributed by atoms with van der Waals surface area (Å²) in [6, 6.07) is 2.38. The van der Waals surface area contributed by atoms with Crippen molar-refractivity contribution in [1.29, 1.82) is 0 Å². The number of anilines is 1. The molecule has 144 valence electrons. The summed E-state index contributed by atoms with van der Waals surface area (Å²) in [6.07, 6.45) is 0. The molecule has 11 nitrogen and oxygen atoms in total. The van der Waals surface area contributed by atoms with Crippen LogP contribution in [0.3, 0.4) is 0 Å². The summed E-state index contributed by atoms with van der Waals surface area (Å²) in [5.41, 5.74) is 5.00. The predicted molar refractivity (Wildman–Crippen MR) is 101 cm³/mol. The van der Waals surface area contributed by atoms with Crippen molar-refractivity contribution in [2.75, 3.05) is 18.5 Å². The summed E-state index contributed by atoms with van der Waals surface area (Å²) >= 11 is 1.86. The molecular weight excluding hydrogens is 493 g/mol. The van der Waals surface area contributed by atoms with E-state index in [-0.39, 0.29) is 21.7 Å². The standard InChI is InChI=1S/C14H14IN5O6S/c1-7-17-13(19-14(18-7)26-3)20(12(16)22)27(23,24)10-6-8(15)4-5-9(10)11(21)25-2/h4-6H,1-3H3,(H2,16,22). The molecule has 1 aromatic heterocycles. The molecule has 2 rings (SSSR count). The molecule has 0 aliphatic carbocycles. The monoisotopic (exact) mass is 507 g/mol. The molecule has 0 bridgehead atoms. The number of aryl methyl sites for hydroxylation is 1. The Bertz CT molecular complexity index is 1010. The number of ether oxygens (including phenoxy) is 2. The molecule has 0 saturated carbocycles. The molecule has 0 fully saturated rings. The molecule has 0 radical (unpaired) electrons. The van der Waals surface area contributed by atoms with Crippen LogP contribution < -0.4 is 14.8 Å². The van der Waals surface area contributed by atoms with Crippen LogP contribution >= 0.6 is 22.6 Å². The van der Waals surface area contributed by atoms with Gasteiger partial charge in [0.15, 0.2) is 0 Å². The Kier molecular flexibility index (Phi) is 6.15. The molecule has 2 aromatic rings. The second-order valence-corrected chi connectivity index (χ2v) is 7.91. The number of rotatable bonds is 5. The van der Waals surface area contributed by atoms with Gasteiger partial charge >= 0.3 is 18.0 Å². The highest BCUT2D eigenvalue weighted by Gasteiger charge is 2.36. The summed E-state index contributed by atoms with van der Waals surface area (Å²) in [4.78, 5) is 34.9. The molecule has 2 amide bonds. The van der Waals surface area contributed by atoms with Gasteiger partial charge in [-0.05, 0) is 47.7 Å². The summed E-state index contributed by atoms with van der Waals surface area (Å²) < 4.78 is 36.4. The molecule has 0 aliphatic rings. The number of urea groups is 1. The van der Waals surface area contributed by atoms with Gasteiger partial charge in [-0.1, -0.05) is 0 Å². The lowest BCUT2D eigenvalue weighted by atomic mass is 10.2. The van der Waals surface area contributed by atoms with E-state index in [1.54, 1.807) is 0 Å². The van der Waals surface area contributed by atoms with Crippen molar-refractivity contribution in [1.82, 2.24) is 15.0 Å². The summed E-state index contributed by atoms with van der Waals surface area (Å²) in [7, 11) is -2.30. The highest BCUT2D eigenvalue weighted by molar-refractivity contribution is 14.1. The number of nitrogens with zero attached hydrogens (tertiary/aromatic N) is 4. The van der Waals surface area contributed by atoms with E-state index >= 15 is 0 Å². The maximum absolute atomic E-state index is 13.2.